The van der Waals surface area contributed by atoms with Crippen molar-refractivity contribution in [2.45, 2.75) is 18.3 Å². The molecule has 0 aromatic rings. The van der Waals surface area contributed by atoms with Gasteiger partial charge >= 0.3 is 0 Å². The quantitative estimate of drug-likeness (QED) is 0.485. The lowest BCUT2D eigenvalue weighted by Crippen LogP contribution is -2.30. The first-order chi connectivity index (χ1) is 4.25. The molecule has 3 nitrogen and oxygen atoms in total. The van der Waals surface area contributed by atoms with Crippen LogP contribution in [0.1, 0.15) is 0 Å². The average Bonchev–Trinajstić information content (AvgIpc) is 2.15. The molecule has 1 aliphatic heterocycles. The zero-order valence-corrected chi connectivity index (χ0v) is 6.98. The minimum atomic E-state index is -0.679. The van der Waals surface area contributed by atoms with E-state index >= 15 is 0 Å². The largest absolute Gasteiger partial charge is 0.388 e. The summed E-state index contributed by atoms with van der Waals surface area (Å²) in [4.78, 5) is 0. The fourth-order valence-electron chi connectivity index (χ4n) is 0.803. The van der Waals surface area contributed by atoms with E-state index in [0.717, 1.165) is 4.43 Å². The topological polar surface area (TPSA) is 49.7 Å². The predicted molar refractivity (Wildman–Crippen MR) is 40.6 cm³/mol. The van der Waals surface area contributed by atoms with Gasteiger partial charge < -0.3 is 14.9 Å². The number of alkyl halides is 1. The van der Waals surface area contributed by atoms with Gasteiger partial charge in [0.25, 0.3) is 0 Å². The lowest BCUT2D eigenvalue weighted by molar-refractivity contribution is 0.0348. The molecule has 0 bridgehead atoms. The Balaban J connectivity index is 2.41. The Morgan fingerprint density at radius 3 is 2.44 bits per heavy atom. The minimum Gasteiger partial charge on any atom is -0.388 e. The van der Waals surface area contributed by atoms with Crippen molar-refractivity contribution < 1.29 is 14.9 Å². The van der Waals surface area contributed by atoms with E-state index in [1.165, 1.54) is 0 Å². The number of hydrogen-bond donors (Lipinski definition) is 2. The summed E-state index contributed by atoms with van der Waals surface area (Å²) in [5.74, 6) is 0. The van der Waals surface area contributed by atoms with Crippen molar-refractivity contribution in [3.8, 4) is 0 Å². The lowest BCUT2D eigenvalue weighted by Gasteiger charge is -2.10. The van der Waals surface area contributed by atoms with Crippen LogP contribution < -0.4 is 0 Å². The molecule has 1 saturated heterocycles. The van der Waals surface area contributed by atoms with Crippen molar-refractivity contribution in [1.82, 2.24) is 0 Å². The molecule has 3 atom stereocenters. The van der Waals surface area contributed by atoms with E-state index in [4.69, 9.17) is 14.9 Å². The lowest BCUT2D eigenvalue weighted by atomic mass is 10.2. The van der Waals surface area contributed by atoms with Gasteiger partial charge in [0.05, 0.1) is 12.7 Å². The SMILES string of the molecule is OC1CO[C@H](CI)C1O. The molecule has 0 aliphatic carbocycles. The van der Waals surface area contributed by atoms with Gasteiger partial charge in [0.2, 0.25) is 0 Å². The molecule has 0 aromatic heterocycles. The van der Waals surface area contributed by atoms with Crippen LogP contribution in [-0.2, 0) is 4.74 Å². The first kappa shape index (κ1) is 7.71. The summed E-state index contributed by atoms with van der Waals surface area (Å²) in [7, 11) is 0. The van der Waals surface area contributed by atoms with Gasteiger partial charge in [-0.1, -0.05) is 22.6 Å². The molecule has 2 unspecified atom stereocenters. The van der Waals surface area contributed by atoms with E-state index in [0.29, 0.717) is 0 Å². The molecule has 1 rings (SSSR count). The number of hydrogen-bond acceptors (Lipinski definition) is 3. The van der Waals surface area contributed by atoms with E-state index in [1.807, 2.05) is 0 Å². The standard InChI is InChI=1S/C5H9IO3/c6-1-4-5(8)3(7)2-9-4/h3-5,7-8H,1-2H2/t3?,4-,5?/m1/s1. The predicted octanol–water partition coefficient (Wildman–Crippen LogP) is -0.458. The second kappa shape index (κ2) is 3.14. The molecule has 1 aliphatic rings. The number of aliphatic hydroxyl groups excluding tert-OH is 2. The molecule has 0 spiro atoms. The molecular formula is C5H9IO3. The Bertz CT molecular complexity index is 98.2. The summed E-state index contributed by atoms with van der Waals surface area (Å²) >= 11 is 2.12. The molecular weight excluding hydrogens is 235 g/mol. The maximum atomic E-state index is 9.08. The van der Waals surface area contributed by atoms with Crippen LogP contribution >= 0.6 is 22.6 Å². The molecule has 1 fully saturated rings. The summed E-state index contributed by atoms with van der Waals surface area (Å²) in [6, 6.07) is 0. The summed E-state index contributed by atoms with van der Waals surface area (Å²) in [6.07, 6.45) is -1.52. The molecule has 0 radical (unpaired) electrons. The third kappa shape index (κ3) is 1.54. The Morgan fingerprint density at radius 1 is 1.56 bits per heavy atom. The van der Waals surface area contributed by atoms with Gasteiger partial charge in [-0.3, -0.25) is 0 Å². The fourth-order valence-corrected chi connectivity index (χ4v) is 1.58. The van der Waals surface area contributed by atoms with Gasteiger partial charge in [0, 0.05) is 4.43 Å². The van der Waals surface area contributed by atoms with E-state index in [-0.39, 0.29) is 12.7 Å². The Labute approximate surface area is 67.2 Å². The summed E-state index contributed by atoms with van der Waals surface area (Å²) < 4.78 is 5.75. The molecule has 0 aromatic carbocycles. The van der Waals surface area contributed by atoms with E-state index in [2.05, 4.69) is 22.6 Å². The second-order valence-electron chi connectivity index (χ2n) is 2.08. The first-order valence-electron chi connectivity index (χ1n) is 2.79. The van der Waals surface area contributed by atoms with Crippen molar-refractivity contribution in [3.63, 3.8) is 0 Å². The monoisotopic (exact) mass is 244 g/mol. The molecule has 54 valence electrons. The van der Waals surface area contributed by atoms with Crippen LogP contribution in [0.15, 0.2) is 0 Å². The normalized spacial score (nSPS) is 43.7. The fraction of sp³-hybridized carbons (Fsp3) is 1.00. The van der Waals surface area contributed by atoms with E-state index < -0.39 is 12.2 Å². The highest BCUT2D eigenvalue weighted by Gasteiger charge is 2.33. The van der Waals surface area contributed by atoms with Gasteiger partial charge in [-0.2, -0.15) is 0 Å². The van der Waals surface area contributed by atoms with Crippen molar-refractivity contribution in [2.75, 3.05) is 11.0 Å². The zero-order chi connectivity index (χ0) is 6.85. The van der Waals surface area contributed by atoms with Crippen LogP contribution in [0.4, 0.5) is 0 Å². The van der Waals surface area contributed by atoms with Gasteiger partial charge in [-0.25, -0.2) is 0 Å². The van der Waals surface area contributed by atoms with Gasteiger partial charge in [0.15, 0.2) is 0 Å². The Hall–Kier alpha value is 0.610. The zero-order valence-electron chi connectivity index (χ0n) is 4.83. The third-order valence-electron chi connectivity index (χ3n) is 1.41. The van der Waals surface area contributed by atoms with Crippen LogP contribution in [0, 0.1) is 0 Å². The van der Waals surface area contributed by atoms with Gasteiger partial charge in [-0.05, 0) is 0 Å². The van der Waals surface area contributed by atoms with Crippen LogP contribution in [-0.4, -0.2) is 39.6 Å². The Morgan fingerprint density at radius 2 is 2.22 bits per heavy atom. The van der Waals surface area contributed by atoms with Gasteiger partial charge in [0.1, 0.15) is 12.2 Å². The summed E-state index contributed by atoms with van der Waals surface area (Å²) in [5.41, 5.74) is 0. The molecule has 2 N–H and O–H groups in total. The van der Waals surface area contributed by atoms with Crippen LogP contribution in [0.5, 0.6) is 0 Å². The smallest absolute Gasteiger partial charge is 0.109 e. The highest BCUT2D eigenvalue weighted by molar-refractivity contribution is 14.1. The number of halogens is 1. The minimum absolute atomic E-state index is 0.166. The van der Waals surface area contributed by atoms with Crippen molar-refractivity contribution in [2.24, 2.45) is 0 Å². The van der Waals surface area contributed by atoms with Crippen LogP contribution in [0.2, 0.25) is 0 Å². The van der Waals surface area contributed by atoms with Gasteiger partial charge in [-0.15, -0.1) is 0 Å². The molecule has 9 heavy (non-hydrogen) atoms. The van der Waals surface area contributed by atoms with Crippen molar-refractivity contribution >= 4 is 22.6 Å². The number of aliphatic hydroxyl groups is 2. The van der Waals surface area contributed by atoms with E-state index in [9.17, 15) is 0 Å². The number of ether oxygens (including phenoxy) is 1. The highest BCUT2D eigenvalue weighted by atomic mass is 127. The van der Waals surface area contributed by atoms with Crippen molar-refractivity contribution in [3.05, 3.63) is 0 Å². The maximum Gasteiger partial charge on any atom is 0.109 e. The first-order valence-corrected chi connectivity index (χ1v) is 4.32. The average molecular weight is 244 g/mol. The molecule has 4 heteroatoms. The Kier molecular flexibility index (Phi) is 2.69. The molecule has 0 amide bonds. The molecule has 1 heterocycles. The second-order valence-corrected chi connectivity index (χ2v) is 2.96. The van der Waals surface area contributed by atoms with Crippen LogP contribution in [0.3, 0.4) is 0 Å². The van der Waals surface area contributed by atoms with Crippen LogP contribution in [0.25, 0.3) is 0 Å². The molecule has 0 saturated carbocycles. The van der Waals surface area contributed by atoms with Crippen molar-refractivity contribution in [1.29, 1.82) is 0 Å². The number of rotatable bonds is 1. The summed E-state index contributed by atoms with van der Waals surface area (Å²) in [5, 5.41) is 18.0. The maximum absolute atomic E-state index is 9.08. The highest BCUT2D eigenvalue weighted by Crippen LogP contribution is 2.15. The van der Waals surface area contributed by atoms with E-state index in [1.54, 1.807) is 0 Å². The summed E-state index contributed by atoms with van der Waals surface area (Å²) in [6.45, 7) is 0.273. The third-order valence-corrected chi connectivity index (χ3v) is 2.28.